The van der Waals surface area contributed by atoms with Crippen LogP contribution in [0.3, 0.4) is 0 Å². The summed E-state index contributed by atoms with van der Waals surface area (Å²) in [5.74, 6) is 1.21. The number of ether oxygens (including phenoxy) is 1. The molecule has 0 bridgehead atoms. The zero-order valence-electron chi connectivity index (χ0n) is 12.1. The summed E-state index contributed by atoms with van der Waals surface area (Å²) in [7, 11) is 3.67. The lowest BCUT2D eigenvalue weighted by Gasteiger charge is -2.21. The summed E-state index contributed by atoms with van der Waals surface area (Å²) >= 11 is 0. The Morgan fingerprint density at radius 3 is 2.86 bits per heavy atom. The Bertz CT molecular complexity index is 648. The van der Waals surface area contributed by atoms with Gasteiger partial charge < -0.3 is 15.0 Å². The lowest BCUT2D eigenvalue weighted by molar-refractivity contribution is 0.102. The summed E-state index contributed by atoms with van der Waals surface area (Å²) in [5, 5.41) is 10.1. The molecule has 1 aromatic carbocycles. The normalized spacial score (nSPS) is 14.6. The topological polar surface area (TPSA) is 70.2 Å². The molecule has 0 aliphatic carbocycles. The fourth-order valence-corrected chi connectivity index (χ4v) is 2.48. The molecule has 2 aromatic rings. The number of anilines is 1. The van der Waals surface area contributed by atoms with Gasteiger partial charge in [-0.25, -0.2) is 0 Å². The molecular formula is C15H18N4O2. The maximum absolute atomic E-state index is 12.2. The second kappa shape index (κ2) is 5.57. The fraction of sp³-hybridized carbons (Fsp3) is 0.333. The molecule has 6 heteroatoms. The standard InChI is InChI=1S/C15H18N4O2/c1-19-8-7-12-13(9-19)17-18-14(12)16-15(20)10-3-5-11(21-2)6-4-10/h3-6H,7-9H2,1-2H3,(H2,16,17,18,20). The lowest BCUT2D eigenvalue weighted by Crippen LogP contribution is -2.26. The van der Waals surface area contributed by atoms with Crippen molar-refractivity contribution >= 4 is 11.7 Å². The molecule has 0 spiro atoms. The minimum Gasteiger partial charge on any atom is -0.497 e. The summed E-state index contributed by atoms with van der Waals surface area (Å²) in [6.45, 7) is 1.80. The third-order valence-corrected chi connectivity index (χ3v) is 3.71. The van der Waals surface area contributed by atoms with Gasteiger partial charge in [0.05, 0.1) is 12.8 Å². The number of carbonyl (C=O) groups excluding carboxylic acids is 1. The number of hydrogen-bond acceptors (Lipinski definition) is 4. The minimum atomic E-state index is -0.161. The van der Waals surface area contributed by atoms with E-state index in [0.717, 1.165) is 36.5 Å². The highest BCUT2D eigenvalue weighted by atomic mass is 16.5. The van der Waals surface area contributed by atoms with Gasteiger partial charge in [-0.3, -0.25) is 9.89 Å². The third kappa shape index (κ3) is 2.75. The van der Waals surface area contributed by atoms with E-state index in [0.29, 0.717) is 11.4 Å². The lowest BCUT2D eigenvalue weighted by atomic mass is 10.1. The van der Waals surface area contributed by atoms with Crippen LogP contribution in [0.5, 0.6) is 5.75 Å². The van der Waals surface area contributed by atoms with Crippen molar-refractivity contribution in [2.45, 2.75) is 13.0 Å². The van der Waals surface area contributed by atoms with E-state index in [1.807, 2.05) is 0 Å². The van der Waals surface area contributed by atoms with Crippen molar-refractivity contribution in [3.05, 3.63) is 41.1 Å². The van der Waals surface area contributed by atoms with E-state index >= 15 is 0 Å². The van der Waals surface area contributed by atoms with Crippen molar-refractivity contribution in [3.8, 4) is 5.75 Å². The summed E-state index contributed by atoms with van der Waals surface area (Å²) in [6, 6.07) is 7.01. The molecule has 0 atom stereocenters. The van der Waals surface area contributed by atoms with Crippen LogP contribution in [0.2, 0.25) is 0 Å². The Kier molecular flexibility index (Phi) is 3.62. The van der Waals surface area contributed by atoms with E-state index in [9.17, 15) is 4.79 Å². The predicted octanol–water partition coefficient (Wildman–Crippen LogP) is 1.66. The van der Waals surface area contributed by atoms with Crippen LogP contribution in [0.15, 0.2) is 24.3 Å². The van der Waals surface area contributed by atoms with Crippen molar-refractivity contribution in [1.29, 1.82) is 0 Å². The monoisotopic (exact) mass is 286 g/mol. The van der Waals surface area contributed by atoms with Crippen molar-refractivity contribution in [2.24, 2.45) is 0 Å². The number of rotatable bonds is 3. The number of nitrogens with one attached hydrogen (secondary N) is 2. The number of nitrogens with zero attached hydrogens (tertiary/aromatic N) is 2. The number of aromatic nitrogens is 2. The molecule has 2 N–H and O–H groups in total. The Morgan fingerprint density at radius 1 is 1.38 bits per heavy atom. The molecular weight excluding hydrogens is 268 g/mol. The maximum atomic E-state index is 12.2. The van der Waals surface area contributed by atoms with Gasteiger partial charge in [0.1, 0.15) is 5.75 Å². The summed E-state index contributed by atoms with van der Waals surface area (Å²) in [6.07, 6.45) is 0.889. The molecule has 2 heterocycles. The van der Waals surface area contributed by atoms with Gasteiger partial charge in [0, 0.05) is 24.2 Å². The second-order valence-corrected chi connectivity index (χ2v) is 5.20. The smallest absolute Gasteiger partial charge is 0.256 e. The van der Waals surface area contributed by atoms with Gasteiger partial charge in [-0.1, -0.05) is 0 Å². The molecule has 110 valence electrons. The maximum Gasteiger partial charge on any atom is 0.256 e. The molecule has 0 radical (unpaired) electrons. The Morgan fingerprint density at radius 2 is 2.14 bits per heavy atom. The third-order valence-electron chi connectivity index (χ3n) is 3.71. The van der Waals surface area contributed by atoms with Crippen molar-refractivity contribution in [3.63, 3.8) is 0 Å². The Labute approximate surface area is 123 Å². The van der Waals surface area contributed by atoms with Gasteiger partial charge in [-0.2, -0.15) is 5.10 Å². The quantitative estimate of drug-likeness (QED) is 0.900. The zero-order valence-corrected chi connectivity index (χ0v) is 12.1. The van der Waals surface area contributed by atoms with Crippen molar-refractivity contribution in [1.82, 2.24) is 15.1 Å². The molecule has 0 unspecified atom stereocenters. The number of H-pyrrole nitrogens is 1. The molecule has 1 amide bonds. The molecule has 6 nitrogen and oxygen atoms in total. The number of likely N-dealkylation sites (N-methyl/N-ethyl adjacent to an activating group) is 1. The van der Waals surface area contributed by atoms with Crippen LogP contribution < -0.4 is 10.1 Å². The van der Waals surface area contributed by atoms with Crippen LogP contribution in [0, 0.1) is 0 Å². The largest absolute Gasteiger partial charge is 0.497 e. The minimum absolute atomic E-state index is 0.161. The van der Waals surface area contributed by atoms with E-state index < -0.39 is 0 Å². The number of carbonyl (C=O) groups is 1. The Balaban J connectivity index is 1.75. The molecule has 21 heavy (non-hydrogen) atoms. The summed E-state index contributed by atoms with van der Waals surface area (Å²) in [4.78, 5) is 14.5. The van der Waals surface area contributed by atoms with Crippen LogP contribution in [0.25, 0.3) is 0 Å². The van der Waals surface area contributed by atoms with Gasteiger partial charge in [0.2, 0.25) is 0 Å². The average Bonchev–Trinajstić information content (AvgIpc) is 2.89. The molecule has 0 saturated carbocycles. The summed E-state index contributed by atoms with van der Waals surface area (Å²) < 4.78 is 5.09. The summed E-state index contributed by atoms with van der Waals surface area (Å²) in [5.41, 5.74) is 2.77. The SMILES string of the molecule is COc1ccc(C(=O)Nc2n[nH]c3c2CCN(C)C3)cc1. The zero-order chi connectivity index (χ0) is 14.8. The van der Waals surface area contributed by atoms with Gasteiger partial charge >= 0.3 is 0 Å². The molecule has 0 saturated heterocycles. The second-order valence-electron chi connectivity index (χ2n) is 5.20. The first-order valence-corrected chi connectivity index (χ1v) is 6.87. The number of aromatic amines is 1. The van der Waals surface area contributed by atoms with Crippen LogP contribution in [-0.4, -0.2) is 41.7 Å². The van der Waals surface area contributed by atoms with E-state index in [4.69, 9.17) is 4.74 Å². The molecule has 1 aliphatic heterocycles. The number of methoxy groups -OCH3 is 1. The van der Waals surface area contributed by atoms with Crippen molar-refractivity contribution in [2.75, 3.05) is 26.0 Å². The highest BCUT2D eigenvalue weighted by Gasteiger charge is 2.21. The van der Waals surface area contributed by atoms with E-state index in [2.05, 4.69) is 27.5 Å². The number of fused-ring (bicyclic) bond motifs is 1. The van der Waals surface area contributed by atoms with Crippen LogP contribution >= 0.6 is 0 Å². The van der Waals surface area contributed by atoms with E-state index in [-0.39, 0.29) is 5.91 Å². The average molecular weight is 286 g/mol. The van der Waals surface area contributed by atoms with Crippen molar-refractivity contribution < 1.29 is 9.53 Å². The molecule has 3 rings (SSSR count). The molecule has 0 fully saturated rings. The highest BCUT2D eigenvalue weighted by molar-refractivity contribution is 6.04. The first kappa shape index (κ1) is 13.6. The number of amides is 1. The number of hydrogen-bond donors (Lipinski definition) is 2. The number of benzene rings is 1. The molecule has 1 aliphatic rings. The van der Waals surface area contributed by atoms with Gasteiger partial charge in [0.25, 0.3) is 5.91 Å². The van der Waals surface area contributed by atoms with Crippen LogP contribution in [0.4, 0.5) is 5.82 Å². The first-order valence-electron chi connectivity index (χ1n) is 6.87. The van der Waals surface area contributed by atoms with Gasteiger partial charge in [-0.05, 0) is 37.7 Å². The molecule has 1 aromatic heterocycles. The van der Waals surface area contributed by atoms with Gasteiger partial charge in [0.15, 0.2) is 5.82 Å². The fourth-order valence-electron chi connectivity index (χ4n) is 2.48. The van der Waals surface area contributed by atoms with Gasteiger partial charge in [-0.15, -0.1) is 0 Å². The Hall–Kier alpha value is -2.34. The predicted molar refractivity (Wildman–Crippen MR) is 79.6 cm³/mol. The van der Waals surface area contributed by atoms with Crippen LogP contribution in [-0.2, 0) is 13.0 Å². The first-order chi connectivity index (χ1) is 10.2. The van der Waals surface area contributed by atoms with Crippen LogP contribution in [0.1, 0.15) is 21.6 Å². The highest BCUT2D eigenvalue weighted by Crippen LogP contribution is 2.23. The van der Waals surface area contributed by atoms with E-state index in [1.54, 1.807) is 31.4 Å². The van der Waals surface area contributed by atoms with E-state index in [1.165, 1.54) is 0 Å².